The van der Waals surface area contributed by atoms with Crippen LogP contribution < -0.4 is 5.73 Å². The van der Waals surface area contributed by atoms with Crippen molar-refractivity contribution in [1.82, 2.24) is 0 Å². The third kappa shape index (κ3) is 3.48. The average Bonchev–Trinajstić information content (AvgIpc) is 2.52. The summed E-state index contributed by atoms with van der Waals surface area (Å²) in [6.45, 7) is 8.38. The average molecular weight is 328 g/mol. The van der Waals surface area contributed by atoms with Gasteiger partial charge in [0.05, 0.1) is 0 Å². The van der Waals surface area contributed by atoms with Crippen LogP contribution in [-0.2, 0) is 0 Å². The van der Waals surface area contributed by atoms with Gasteiger partial charge in [-0.1, -0.05) is 76.9 Å². The third-order valence-corrected chi connectivity index (χ3v) is 4.40. The summed E-state index contributed by atoms with van der Waals surface area (Å²) >= 11 is 0. The van der Waals surface area contributed by atoms with E-state index < -0.39 is 0 Å². The number of amidine groups is 1. The Morgan fingerprint density at radius 2 is 1.04 bits per heavy atom. The molecule has 3 rings (SSSR count). The number of rotatable bonds is 3. The van der Waals surface area contributed by atoms with Crippen LogP contribution in [-0.4, -0.2) is 5.84 Å². The van der Waals surface area contributed by atoms with Gasteiger partial charge in [-0.15, -0.1) is 0 Å². The van der Waals surface area contributed by atoms with E-state index in [4.69, 9.17) is 11.1 Å². The number of benzene rings is 3. The molecule has 2 heteroatoms. The molecule has 0 fully saturated rings. The van der Waals surface area contributed by atoms with Crippen LogP contribution in [0.4, 0.5) is 0 Å². The van der Waals surface area contributed by atoms with Crippen molar-refractivity contribution in [3.05, 3.63) is 82.4 Å². The standard InChI is InChI=1S/C23H24N2/c1-14-8-15(2)11-18(10-14)20-6-5-7-21(22(20)23(24)25)19-12-16(3)9-17(4)13-19/h5-13H,1-4H3,(H3,24,25). The lowest BCUT2D eigenvalue weighted by molar-refractivity contribution is 1.36. The van der Waals surface area contributed by atoms with Crippen LogP contribution >= 0.6 is 0 Å². The fraction of sp³-hybridized carbons (Fsp3) is 0.174. The molecular weight excluding hydrogens is 304 g/mol. The number of hydrogen-bond acceptors (Lipinski definition) is 1. The second-order valence-electron chi connectivity index (χ2n) is 6.89. The van der Waals surface area contributed by atoms with Crippen molar-refractivity contribution in [3.8, 4) is 22.3 Å². The number of nitrogens with two attached hydrogens (primary N) is 1. The van der Waals surface area contributed by atoms with E-state index in [0.717, 1.165) is 27.8 Å². The van der Waals surface area contributed by atoms with Gasteiger partial charge in [0, 0.05) is 5.56 Å². The van der Waals surface area contributed by atoms with Gasteiger partial charge in [0.25, 0.3) is 0 Å². The fourth-order valence-electron chi connectivity index (χ4n) is 3.58. The Morgan fingerprint density at radius 1 is 0.680 bits per heavy atom. The molecule has 0 heterocycles. The molecule has 0 spiro atoms. The Hall–Kier alpha value is -2.87. The smallest absolute Gasteiger partial charge is 0.124 e. The molecule has 3 aromatic carbocycles. The summed E-state index contributed by atoms with van der Waals surface area (Å²) < 4.78 is 0. The first kappa shape index (κ1) is 17.0. The van der Waals surface area contributed by atoms with Crippen molar-refractivity contribution in [2.75, 3.05) is 0 Å². The Bertz CT molecular complexity index is 858. The van der Waals surface area contributed by atoms with Crippen molar-refractivity contribution in [3.63, 3.8) is 0 Å². The third-order valence-electron chi connectivity index (χ3n) is 4.40. The fourth-order valence-corrected chi connectivity index (χ4v) is 3.58. The highest BCUT2D eigenvalue weighted by molar-refractivity contribution is 6.07. The number of hydrogen-bond donors (Lipinski definition) is 2. The minimum atomic E-state index is 0.101. The Balaban J connectivity index is 2.30. The normalized spacial score (nSPS) is 10.7. The maximum atomic E-state index is 8.21. The van der Waals surface area contributed by atoms with E-state index >= 15 is 0 Å². The first-order valence-corrected chi connectivity index (χ1v) is 8.50. The van der Waals surface area contributed by atoms with E-state index in [-0.39, 0.29) is 5.84 Å². The van der Waals surface area contributed by atoms with Crippen LogP contribution in [0.5, 0.6) is 0 Å². The Kier molecular flexibility index (Phi) is 4.45. The summed E-state index contributed by atoms with van der Waals surface area (Å²) in [5.74, 6) is 0.101. The number of nitrogen functional groups attached to an aromatic ring is 1. The second kappa shape index (κ2) is 6.56. The summed E-state index contributed by atoms with van der Waals surface area (Å²) in [5, 5.41) is 8.21. The minimum Gasteiger partial charge on any atom is -0.384 e. The van der Waals surface area contributed by atoms with Crippen LogP contribution in [0.15, 0.2) is 54.6 Å². The lowest BCUT2D eigenvalue weighted by Crippen LogP contribution is -2.14. The highest BCUT2D eigenvalue weighted by Crippen LogP contribution is 2.33. The van der Waals surface area contributed by atoms with E-state index in [1.807, 2.05) is 6.07 Å². The monoisotopic (exact) mass is 328 g/mol. The van der Waals surface area contributed by atoms with E-state index in [2.05, 4.69) is 76.2 Å². The molecule has 0 radical (unpaired) electrons. The quantitative estimate of drug-likeness (QED) is 0.481. The molecule has 126 valence electrons. The molecule has 0 saturated heterocycles. The van der Waals surface area contributed by atoms with Crippen LogP contribution in [0.1, 0.15) is 27.8 Å². The summed E-state index contributed by atoms with van der Waals surface area (Å²) in [6, 6.07) is 19.1. The predicted molar refractivity (Wildman–Crippen MR) is 107 cm³/mol. The molecule has 0 unspecified atom stereocenters. The molecule has 0 aliphatic carbocycles. The van der Waals surface area contributed by atoms with Crippen molar-refractivity contribution in [2.24, 2.45) is 5.73 Å². The predicted octanol–water partition coefficient (Wildman–Crippen LogP) is 5.54. The minimum absolute atomic E-state index is 0.101. The molecule has 0 aliphatic rings. The molecule has 0 bridgehead atoms. The topological polar surface area (TPSA) is 49.9 Å². The summed E-state index contributed by atoms with van der Waals surface area (Å²) in [5.41, 5.74) is 15.9. The van der Waals surface area contributed by atoms with Crippen LogP contribution in [0, 0.1) is 33.1 Å². The zero-order valence-electron chi connectivity index (χ0n) is 15.3. The number of nitrogens with one attached hydrogen (secondary N) is 1. The zero-order valence-corrected chi connectivity index (χ0v) is 15.3. The van der Waals surface area contributed by atoms with E-state index in [1.54, 1.807) is 0 Å². The van der Waals surface area contributed by atoms with Crippen molar-refractivity contribution < 1.29 is 0 Å². The van der Waals surface area contributed by atoms with Crippen molar-refractivity contribution >= 4 is 5.84 Å². The van der Waals surface area contributed by atoms with Crippen LogP contribution in [0.3, 0.4) is 0 Å². The van der Waals surface area contributed by atoms with Gasteiger partial charge in [-0.05, 0) is 49.9 Å². The first-order valence-electron chi connectivity index (χ1n) is 8.50. The molecule has 0 amide bonds. The summed E-state index contributed by atoms with van der Waals surface area (Å²) in [6.07, 6.45) is 0. The Morgan fingerprint density at radius 3 is 1.36 bits per heavy atom. The number of aryl methyl sites for hydroxylation is 4. The summed E-state index contributed by atoms with van der Waals surface area (Å²) in [4.78, 5) is 0. The Labute approximate surface area is 149 Å². The highest BCUT2D eigenvalue weighted by atomic mass is 14.7. The molecule has 2 nitrogen and oxygen atoms in total. The van der Waals surface area contributed by atoms with Gasteiger partial charge in [-0.2, -0.15) is 0 Å². The molecular formula is C23H24N2. The van der Waals surface area contributed by atoms with E-state index in [1.165, 1.54) is 22.3 Å². The van der Waals surface area contributed by atoms with Gasteiger partial charge < -0.3 is 5.73 Å². The van der Waals surface area contributed by atoms with Gasteiger partial charge in [0.1, 0.15) is 5.84 Å². The molecule has 3 aromatic rings. The maximum Gasteiger partial charge on any atom is 0.124 e. The van der Waals surface area contributed by atoms with E-state index in [9.17, 15) is 0 Å². The molecule has 3 N–H and O–H groups in total. The zero-order chi connectivity index (χ0) is 18.1. The van der Waals surface area contributed by atoms with E-state index in [0.29, 0.717) is 0 Å². The van der Waals surface area contributed by atoms with Crippen molar-refractivity contribution in [1.29, 1.82) is 5.41 Å². The lowest BCUT2D eigenvalue weighted by Gasteiger charge is -2.16. The molecule has 0 aromatic heterocycles. The molecule has 0 aliphatic heterocycles. The summed E-state index contributed by atoms with van der Waals surface area (Å²) in [7, 11) is 0. The van der Waals surface area contributed by atoms with Crippen LogP contribution in [0.2, 0.25) is 0 Å². The molecule has 25 heavy (non-hydrogen) atoms. The second-order valence-corrected chi connectivity index (χ2v) is 6.89. The van der Waals surface area contributed by atoms with Gasteiger partial charge in [0.15, 0.2) is 0 Å². The van der Waals surface area contributed by atoms with Gasteiger partial charge in [-0.25, -0.2) is 0 Å². The van der Waals surface area contributed by atoms with Gasteiger partial charge in [0.2, 0.25) is 0 Å². The maximum absolute atomic E-state index is 8.21. The lowest BCUT2D eigenvalue weighted by atomic mass is 9.89. The van der Waals surface area contributed by atoms with Gasteiger partial charge >= 0.3 is 0 Å². The SMILES string of the molecule is Cc1cc(C)cc(-c2cccc(-c3cc(C)cc(C)c3)c2C(=N)N)c1. The van der Waals surface area contributed by atoms with Crippen molar-refractivity contribution in [2.45, 2.75) is 27.7 Å². The van der Waals surface area contributed by atoms with Crippen LogP contribution in [0.25, 0.3) is 22.3 Å². The highest BCUT2D eigenvalue weighted by Gasteiger charge is 2.15. The first-order chi connectivity index (χ1) is 11.8. The van der Waals surface area contributed by atoms with Gasteiger partial charge in [-0.3, -0.25) is 5.41 Å². The largest absolute Gasteiger partial charge is 0.384 e. The molecule has 0 atom stereocenters. The molecule has 0 saturated carbocycles.